The molecular formula is C10H18N2O2. The van der Waals surface area contributed by atoms with Crippen molar-refractivity contribution in [3.63, 3.8) is 0 Å². The minimum atomic E-state index is -0.176. The molecular weight excluding hydrogens is 180 g/mol. The second-order valence-electron chi connectivity index (χ2n) is 4.50. The molecule has 4 nitrogen and oxygen atoms in total. The van der Waals surface area contributed by atoms with Gasteiger partial charge in [-0.2, -0.15) is 0 Å². The van der Waals surface area contributed by atoms with Crippen LogP contribution in [0.25, 0.3) is 0 Å². The molecule has 80 valence electrons. The number of carbonyl (C=O) groups excluding carboxylic acids is 1. The quantitative estimate of drug-likeness (QED) is 0.608. The largest absolute Gasteiger partial charge is 0.461 e. The number of esters is 1. The molecule has 2 N–H and O–H groups in total. The van der Waals surface area contributed by atoms with E-state index in [2.05, 4.69) is 11.9 Å². The molecule has 0 aromatic heterocycles. The number of likely N-dealkylation sites (N-methyl/N-ethyl adjacent to an activating group) is 1. The van der Waals surface area contributed by atoms with E-state index in [4.69, 9.17) is 10.5 Å². The summed E-state index contributed by atoms with van der Waals surface area (Å²) in [4.78, 5) is 13.2. The highest BCUT2D eigenvalue weighted by atomic mass is 16.5. The molecule has 2 saturated heterocycles. The van der Waals surface area contributed by atoms with Gasteiger partial charge in [-0.05, 0) is 19.9 Å². The Morgan fingerprint density at radius 3 is 2.79 bits per heavy atom. The predicted octanol–water partition coefficient (Wildman–Crippen LogP) is 0.112. The Balaban J connectivity index is 2.05. The zero-order valence-electron chi connectivity index (χ0n) is 8.77. The van der Waals surface area contributed by atoms with Crippen molar-refractivity contribution in [1.82, 2.24) is 4.90 Å². The lowest BCUT2D eigenvalue weighted by Crippen LogP contribution is -2.47. The van der Waals surface area contributed by atoms with Crippen molar-refractivity contribution in [2.75, 3.05) is 7.05 Å². The molecule has 0 unspecified atom stereocenters. The smallest absolute Gasteiger partial charge is 0.302 e. The molecule has 4 atom stereocenters. The second-order valence-corrected chi connectivity index (χ2v) is 4.50. The average Bonchev–Trinajstić information content (AvgIpc) is 2.30. The Hall–Kier alpha value is -0.610. The lowest BCUT2D eigenvalue weighted by molar-refractivity contribution is -0.147. The van der Waals surface area contributed by atoms with Crippen LogP contribution in [0.3, 0.4) is 0 Å². The van der Waals surface area contributed by atoms with Gasteiger partial charge in [-0.3, -0.25) is 9.69 Å². The zero-order chi connectivity index (χ0) is 10.3. The number of ether oxygens (including phenoxy) is 1. The maximum atomic E-state index is 10.9. The van der Waals surface area contributed by atoms with Crippen molar-refractivity contribution in [3.05, 3.63) is 0 Å². The molecule has 0 aromatic carbocycles. The normalized spacial score (nSPS) is 42.5. The number of fused-ring (bicyclic) bond motifs is 2. The third-order valence-electron chi connectivity index (χ3n) is 3.47. The first kappa shape index (κ1) is 9.93. The second kappa shape index (κ2) is 3.51. The summed E-state index contributed by atoms with van der Waals surface area (Å²) in [5.74, 6) is -0.176. The van der Waals surface area contributed by atoms with Crippen molar-refractivity contribution in [2.24, 2.45) is 5.73 Å². The van der Waals surface area contributed by atoms with Crippen LogP contribution in [0.15, 0.2) is 0 Å². The SMILES string of the molecule is CC(=O)O[C@@H]1C[C@H]2C[C@H](N)C[C@@H]1N2C. The molecule has 2 rings (SSSR count). The van der Waals surface area contributed by atoms with Crippen molar-refractivity contribution in [2.45, 2.75) is 50.4 Å². The monoisotopic (exact) mass is 198 g/mol. The van der Waals surface area contributed by atoms with Gasteiger partial charge in [-0.1, -0.05) is 0 Å². The summed E-state index contributed by atoms with van der Waals surface area (Å²) in [5.41, 5.74) is 5.94. The fourth-order valence-corrected chi connectivity index (χ4v) is 2.80. The van der Waals surface area contributed by atoms with Gasteiger partial charge in [0.05, 0.1) is 0 Å². The van der Waals surface area contributed by atoms with Gasteiger partial charge in [-0.15, -0.1) is 0 Å². The van der Waals surface area contributed by atoms with E-state index in [1.807, 2.05) is 0 Å². The van der Waals surface area contributed by atoms with Crippen LogP contribution in [0.2, 0.25) is 0 Å². The Kier molecular flexibility index (Phi) is 2.49. The van der Waals surface area contributed by atoms with Gasteiger partial charge < -0.3 is 10.5 Å². The van der Waals surface area contributed by atoms with Crippen LogP contribution in [0.1, 0.15) is 26.2 Å². The average molecular weight is 198 g/mol. The third kappa shape index (κ3) is 1.64. The van der Waals surface area contributed by atoms with E-state index in [0.29, 0.717) is 12.1 Å². The van der Waals surface area contributed by atoms with Gasteiger partial charge in [0.1, 0.15) is 6.10 Å². The fraction of sp³-hybridized carbons (Fsp3) is 0.900. The Labute approximate surface area is 84.4 Å². The molecule has 2 aliphatic heterocycles. The predicted molar refractivity (Wildman–Crippen MR) is 52.7 cm³/mol. The maximum Gasteiger partial charge on any atom is 0.302 e. The van der Waals surface area contributed by atoms with Gasteiger partial charge in [0.25, 0.3) is 0 Å². The van der Waals surface area contributed by atoms with Crippen molar-refractivity contribution in [1.29, 1.82) is 0 Å². The van der Waals surface area contributed by atoms with E-state index >= 15 is 0 Å². The van der Waals surface area contributed by atoms with Gasteiger partial charge in [0, 0.05) is 31.5 Å². The number of rotatable bonds is 1. The third-order valence-corrected chi connectivity index (χ3v) is 3.47. The summed E-state index contributed by atoms with van der Waals surface area (Å²) in [7, 11) is 2.10. The molecule has 2 heterocycles. The van der Waals surface area contributed by atoms with E-state index in [-0.39, 0.29) is 18.1 Å². The molecule has 2 aliphatic rings. The molecule has 0 aromatic rings. The molecule has 14 heavy (non-hydrogen) atoms. The van der Waals surface area contributed by atoms with Gasteiger partial charge in [0.15, 0.2) is 0 Å². The Morgan fingerprint density at radius 1 is 1.43 bits per heavy atom. The summed E-state index contributed by atoms with van der Waals surface area (Å²) < 4.78 is 5.31. The topological polar surface area (TPSA) is 55.6 Å². The van der Waals surface area contributed by atoms with Crippen LogP contribution in [-0.2, 0) is 9.53 Å². The van der Waals surface area contributed by atoms with E-state index < -0.39 is 0 Å². The lowest BCUT2D eigenvalue weighted by Gasteiger charge is -2.35. The summed E-state index contributed by atoms with van der Waals surface area (Å²) in [5, 5.41) is 0. The lowest BCUT2D eigenvalue weighted by atomic mass is 9.99. The highest BCUT2D eigenvalue weighted by Crippen LogP contribution is 2.35. The van der Waals surface area contributed by atoms with Crippen LogP contribution < -0.4 is 5.73 Å². The standard InChI is InChI=1S/C10H18N2O2/c1-6(13)14-10-5-8-3-7(11)4-9(10)12(8)2/h7-10H,3-5,11H2,1-2H3/t7-,8+,9-,10+/m0/s1. The van der Waals surface area contributed by atoms with Crippen LogP contribution in [0.4, 0.5) is 0 Å². The molecule has 0 radical (unpaired) electrons. The van der Waals surface area contributed by atoms with Gasteiger partial charge in [-0.25, -0.2) is 0 Å². The van der Waals surface area contributed by atoms with E-state index in [1.54, 1.807) is 0 Å². The minimum absolute atomic E-state index is 0.0658. The van der Waals surface area contributed by atoms with Crippen LogP contribution in [0.5, 0.6) is 0 Å². The number of hydrogen-bond donors (Lipinski definition) is 1. The van der Waals surface area contributed by atoms with Gasteiger partial charge in [0.2, 0.25) is 0 Å². The first-order chi connectivity index (χ1) is 6.58. The van der Waals surface area contributed by atoms with Gasteiger partial charge >= 0.3 is 5.97 Å². The Bertz CT molecular complexity index is 244. The zero-order valence-corrected chi connectivity index (χ0v) is 8.77. The number of hydrogen-bond acceptors (Lipinski definition) is 4. The van der Waals surface area contributed by atoms with E-state index in [9.17, 15) is 4.79 Å². The van der Waals surface area contributed by atoms with E-state index in [1.165, 1.54) is 6.92 Å². The number of nitrogens with zero attached hydrogens (tertiary/aromatic N) is 1. The minimum Gasteiger partial charge on any atom is -0.461 e. The van der Waals surface area contributed by atoms with Crippen molar-refractivity contribution < 1.29 is 9.53 Å². The first-order valence-corrected chi connectivity index (χ1v) is 5.22. The van der Waals surface area contributed by atoms with Crippen LogP contribution >= 0.6 is 0 Å². The molecule has 0 aliphatic carbocycles. The number of piperidine rings is 1. The van der Waals surface area contributed by atoms with Crippen molar-refractivity contribution in [3.8, 4) is 0 Å². The molecule has 0 amide bonds. The van der Waals surface area contributed by atoms with E-state index in [0.717, 1.165) is 19.3 Å². The summed E-state index contributed by atoms with van der Waals surface area (Å²) in [6, 6.07) is 1.13. The molecule has 0 spiro atoms. The van der Waals surface area contributed by atoms with Crippen LogP contribution in [-0.4, -0.2) is 42.1 Å². The number of nitrogens with two attached hydrogens (primary N) is 1. The Morgan fingerprint density at radius 2 is 2.14 bits per heavy atom. The molecule has 2 fully saturated rings. The highest BCUT2D eigenvalue weighted by molar-refractivity contribution is 5.66. The molecule has 2 bridgehead atoms. The fourth-order valence-electron chi connectivity index (χ4n) is 2.80. The number of carbonyl (C=O) groups is 1. The summed E-state index contributed by atoms with van der Waals surface area (Å²) in [6.45, 7) is 1.47. The maximum absolute atomic E-state index is 10.9. The molecule has 0 saturated carbocycles. The first-order valence-electron chi connectivity index (χ1n) is 5.22. The summed E-state index contributed by atoms with van der Waals surface area (Å²) in [6.07, 6.45) is 3.00. The molecule has 4 heteroatoms. The highest BCUT2D eigenvalue weighted by Gasteiger charge is 2.45. The van der Waals surface area contributed by atoms with Crippen molar-refractivity contribution >= 4 is 5.97 Å². The summed E-state index contributed by atoms with van der Waals surface area (Å²) >= 11 is 0. The van der Waals surface area contributed by atoms with Crippen LogP contribution in [0, 0.1) is 0 Å².